The molecule has 6 heteroatoms. The summed E-state index contributed by atoms with van der Waals surface area (Å²) in [5.74, 6) is -1.12. The van der Waals surface area contributed by atoms with Crippen molar-refractivity contribution >= 4 is 22.7 Å². The first-order chi connectivity index (χ1) is 10.6. The van der Waals surface area contributed by atoms with Crippen LogP contribution in [0.4, 0.5) is 4.39 Å². The number of carbonyl (C=O) groups is 2. The molecule has 2 N–H and O–H groups in total. The van der Waals surface area contributed by atoms with Crippen LogP contribution in [-0.4, -0.2) is 29.4 Å². The van der Waals surface area contributed by atoms with Crippen LogP contribution in [-0.2, 0) is 4.79 Å². The molecule has 22 heavy (non-hydrogen) atoms. The number of para-hydroxylation sites is 1. The van der Waals surface area contributed by atoms with Crippen molar-refractivity contribution in [1.29, 1.82) is 0 Å². The highest BCUT2D eigenvalue weighted by Gasteiger charge is 2.23. The van der Waals surface area contributed by atoms with Crippen molar-refractivity contribution in [3.05, 3.63) is 41.8 Å². The van der Waals surface area contributed by atoms with E-state index in [0.29, 0.717) is 18.4 Å². The summed E-state index contributed by atoms with van der Waals surface area (Å²) in [6.07, 6.45) is 2.36. The molecule has 0 aliphatic carbocycles. The fourth-order valence-electron chi connectivity index (χ4n) is 2.55. The second-order valence-corrected chi connectivity index (χ2v) is 5.32. The normalized spacial score (nSPS) is 18.6. The van der Waals surface area contributed by atoms with E-state index in [1.54, 1.807) is 18.2 Å². The molecule has 3 rings (SSSR count). The second kappa shape index (κ2) is 6.09. The van der Waals surface area contributed by atoms with Gasteiger partial charge in [-0.3, -0.25) is 9.59 Å². The number of pyridine rings is 1. The van der Waals surface area contributed by atoms with E-state index in [0.717, 1.165) is 12.8 Å². The van der Waals surface area contributed by atoms with Crippen molar-refractivity contribution in [2.24, 2.45) is 0 Å². The van der Waals surface area contributed by atoms with Crippen LogP contribution >= 0.6 is 0 Å². The van der Waals surface area contributed by atoms with Gasteiger partial charge >= 0.3 is 0 Å². The summed E-state index contributed by atoms with van der Waals surface area (Å²) in [6, 6.07) is 7.24. The van der Waals surface area contributed by atoms with Gasteiger partial charge in [0, 0.05) is 11.9 Å². The van der Waals surface area contributed by atoms with Gasteiger partial charge in [-0.25, -0.2) is 9.37 Å². The number of nitrogens with one attached hydrogen (secondary N) is 2. The maximum atomic E-state index is 13.7. The lowest BCUT2D eigenvalue weighted by molar-refractivity contribution is -0.122. The van der Waals surface area contributed by atoms with Gasteiger partial charge in [-0.1, -0.05) is 18.2 Å². The van der Waals surface area contributed by atoms with Gasteiger partial charge in [0.05, 0.1) is 0 Å². The lowest BCUT2D eigenvalue weighted by Gasteiger charge is -2.15. The molecule has 1 aliphatic heterocycles. The van der Waals surface area contributed by atoms with E-state index in [1.807, 2.05) is 0 Å². The minimum Gasteiger partial charge on any atom is -0.354 e. The van der Waals surface area contributed by atoms with Crippen LogP contribution in [0, 0.1) is 5.82 Å². The summed E-state index contributed by atoms with van der Waals surface area (Å²) in [5.41, 5.74) is 0.259. The summed E-state index contributed by atoms with van der Waals surface area (Å²) in [4.78, 5) is 28.2. The van der Waals surface area contributed by atoms with Crippen LogP contribution in [0.5, 0.6) is 0 Å². The first kappa shape index (κ1) is 14.4. The smallest absolute Gasteiger partial charge is 0.270 e. The van der Waals surface area contributed by atoms with Crippen LogP contribution in [0.2, 0.25) is 0 Å². The van der Waals surface area contributed by atoms with E-state index in [-0.39, 0.29) is 17.1 Å². The number of aromatic nitrogens is 1. The van der Waals surface area contributed by atoms with Crippen molar-refractivity contribution in [2.75, 3.05) is 6.54 Å². The van der Waals surface area contributed by atoms with Gasteiger partial charge in [0.25, 0.3) is 5.91 Å². The van der Waals surface area contributed by atoms with Gasteiger partial charge in [0.15, 0.2) is 0 Å². The molecule has 1 unspecified atom stereocenters. The zero-order valence-corrected chi connectivity index (χ0v) is 11.9. The standard InChI is InChI=1S/C16H16FN3O2/c17-11-5-3-4-10-7-8-13(19-14(10)11)16(22)20-12-6-1-2-9-18-15(12)21/h3-5,7-8,12H,1-2,6,9H2,(H,18,21)(H,20,22). The molecule has 2 amide bonds. The molecule has 2 aromatic rings. The third-order valence-corrected chi connectivity index (χ3v) is 3.74. The van der Waals surface area contributed by atoms with Gasteiger partial charge in [0.2, 0.25) is 5.91 Å². The van der Waals surface area contributed by atoms with E-state index in [1.165, 1.54) is 12.1 Å². The summed E-state index contributed by atoms with van der Waals surface area (Å²) >= 11 is 0. The third-order valence-electron chi connectivity index (χ3n) is 3.74. The number of halogens is 1. The minimum atomic E-state index is -0.562. The maximum Gasteiger partial charge on any atom is 0.270 e. The molecule has 1 aromatic heterocycles. The molecule has 1 atom stereocenters. The molecule has 0 spiro atoms. The summed E-state index contributed by atoms with van der Waals surface area (Å²) in [5, 5.41) is 6.06. The maximum absolute atomic E-state index is 13.7. The fraction of sp³-hybridized carbons (Fsp3) is 0.312. The van der Waals surface area contributed by atoms with Gasteiger partial charge < -0.3 is 10.6 Å². The predicted octanol–water partition coefficient (Wildman–Crippen LogP) is 1.77. The number of amides is 2. The van der Waals surface area contributed by atoms with Gasteiger partial charge in [-0.05, 0) is 31.4 Å². The Bertz CT molecular complexity index is 732. The summed E-state index contributed by atoms with van der Waals surface area (Å²) in [7, 11) is 0. The molecule has 0 radical (unpaired) electrons. The molecule has 1 aliphatic rings. The molecule has 2 heterocycles. The highest BCUT2D eigenvalue weighted by Crippen LogP contribution is 2.16. The minimum absolute atomic E-state index is 0.106. The summed E-state index contributed by atoms with van der Waals surface area (Å²) < 4.78 is 13.7. The van der Waals surface area contributed by atoms with Crippen LogP contribution < -0.4 is 10.6 Å². The Hall–Kier alpha value is -2.50. The molecule has 1 fully saturated rings. The van der Waals surface area contributed by atoms with Crippen LogP contribution in [0.1, 0.15) is 29.8 Å². The molecule has 114 valence electrons. The van der Waals surface area contributed by atoms with Crippen molar-refractivity contribution in [1.82, 2.24) is 15.6 Å². The summed E-state index contributed by atoms with van der Waals surface area (Å²) in [6.45, 7) is 0.630. The zero-order valence-electron chi connectivity index (χ0n) is 11.9. The topological polar surface area (TPSA) is 71.1 Å². The molecule has 0 saturated carbocycles. The number of nitrogens with zero attached hydrogens (tertiary/aromatic N) is 1. The Morgan fingerprint density at radius 1 is 1.27 bits per heavy atom. The molecule has 1 aromatic carbocycles. The van der Waals surface area contributed by atoms with Crippen LogP contribution in [0.15, 0.2) is 30.3 Å². The zero-order chi connectivity index (χ0) is 15.5. The Balaban J connectivity index is 1.82. The van der Waals surface area contributed by atoms with Crippen molar-refractivity contribution in [2.45, 2.75) is 25.3 Å². The number of carbonyl (C=O) groups excluding carboxylic acids is 2. The quantitative estimate of drug-likeness (QED) is 0.888. The molecular formula is C16H16FN3O2. The van der Waals surface area contributed by atoms with Crippen LogP contribution in [0.25, 0.3) is 10.9 Å². The lowest BCUT2D eigenvalue weighted by Crippen LogP contribution is -2.45. The molecule has 1 saturated heterocycles. The first-order valence-corrected chi connectivity index (χ1v) is 7.29. The Kier molecular flexibility index (Phi) is 4.00. The van der Waals surface area contributed by atoms with E-state index >= 15 is 0 Å². The lowest BCUT2D eigenvalue weighted by atomic mass is 10.1. The van der Waals surface area contributed by atoms with Crippen molar-refractivity contribution < 1.29 is 14.0 Å². The van der Waals surface area contributed by atoms with Crippen molar-refractivity contribution in [3.63, 3.8) is 0 Å². The Morgan fingerprint density at radius 3 is 3.00 bits per heavy atom. The van der Waals surface area contributed by atoms with Gasteiger partial charge in [0.1, 0.15) is 23.1 Å². The fourth-order valence-corrected chi connectivity index (χ4v) is 2.55. The van der Waals surface area contributed by atoms with Crippen LogP contribution in [0.3, 0.4) is 0 Å². The monoisotopic (exact) mass is 301 g/mol. The average molecular weight is 301 g/mol. The third kappa shape index (κ3) is 2.90. The number of hydrogen-bond donors (Lipinski definition) is 2. The average Bonchev–Trinajstić information content (AvgIpc) is 2.72. The Labute approximate surface area is 126 Å². The number of hydrogen-bond acceptors (Lipinski definition) is 3. The molecule has 5 nitrogen and oxygen atoms in total. The highest BCUT2D eigenvalue weighted by atomic mass is 19.1. The second-order valence-electron chi connectivity index (χ2n) is 5.32. The SMILES string of the molecule is O=C(NC1CCCCNC1=O)c1ccc2cccc(F)c2n1. The van der Waals surface area contributed by atoms with E-state index in [9.17, 15) is 14.0 Å². The molecule has 0 bridgehead atoms. The first-order valence-electron chi connectivity index (χ1n) is 7.29. The number of fused-ring (bicyclic) bond motifs is 1. The molecular weight excluding hydrogens is 285 g/mol. The Morgan fingerprint density at radius 2 is 2.14 bits per heavy atom. The van der Waals surface area contributed by atoms with Gasteiger partial charge in [-0.15, -0.1) is 0 Å². The highest BCUT2D eigenvalue weighted by molar-refractivity contribution is 5.97. The largest absolute Gasteiger partial charge is 0.354 e. The number of benzene rings is 1. The van der Waals surface area contributed by atoms with E-state index in [2.05, 4.69) is 15.6 Å². The van der Waals surface area contributed by atoms with E-state index in [4.69, 9.17) is 0 Å². The number of rotatable bonds is 2. The predicted molar refractivity (Wildman–Crippen MR) is 79.8 cm³/mol. The van der Waals surface area contributed by atoms with Gasteiger partial charge in [-0.2, -0.15) is 0 Å². The van der Waals surface area contributed by atoms with Crippen molar-refractivity contribution in [3.8, 4) is 0 Å². The van der Waals surface area contributed by atoms with E-state index < -0.39 is 17.8 Å².